The predicted molar refractivity (Wildman–Crippen MR) is 211 cm³/mol. The Labute approximate surface area is 340 Å². The van der Waals surface area contributed by atoms with E-state index in [-0.39, 0.29) is 25.0 Å². The van der Waals surface area contributed by atoms with Crippen molar-refractivity contribution in [2.45, 2.75) is 102 Å². The first-order chi connectivity index (χ1) is 27.8. The summed E-state index contributed by atoms with van der Waals surface area (Å²) >= 11 is 0. The third-order valence-corrected chi connectivity index (χ3v) is 8.93. The number of nitrogens with one attached hydrogen (secondary N) is 7. The summed E-state index contributed by atoms with van der Waals surface area (Å²) in [4.78, 5) is 102. The minimum atomic E-state index is -1.64. The number of carbonyl (C=O) groups is 7. The molecule has 0 heterocycles. The van der Waals surface area contributed by atoms with E-state index in [9.17, 15) is 59.0 Å². The van der Waals surface area contributed by atoms with E-state index in [1.54, 1.807) is 44.2 Å². The molecule has 59 heavy (non-hydrogen) atoms. The monoisotopic (exact) mass is 829 g/mol. The number of carboxylic acids is 1. The van der Waals surface area contributed by atoms with Crippen LogP contribution in [-0.4, -0.2) is 117 Å². The van der Waals surface area contributed by atoms with Crippen LogP contribution in [0.3, 0.4) is 0 Å². The minimum Gasteiger partial charge on any atom is -0.508 e. The second-order valence-corrected chi connectivity index (χ2v) is 14.2. The first kappa shape index (κ1) is 48.8. The molecule has 7 atom stereocenters. The molecule has 0 aliphatic heterocycles. The molecule has 0 bridgehead atoms. The summed E-state index contributed by atoms with van der Waals surface area (Å²) in [6.07, 6.45) is -0.598. The maximum atomic E-state index is 13.4. The number of hydrogen-bond acceptors (Lipinski definition) is 12. The topological polar surface area (TPSA) is 334 Å². The number of hydrogen-bond donors (Lipinski definition) is 11. The number of unbranched alkanes of at least 4 members (excludes halogenated alkanes) is 1. The minimum absolute atomic E-state index is 0.00874. The van der Waals surface area contributed by atoms with E-state index in [4.69, 9.17) is 5.73 Å². The molecule has 21 heteroatoms. The number of carbonyl (C=O) groups excluding carboxylic acids is 6. The third kappa shape index (κ3) is 17.4. The van der Waals surface area contributed by atoms with Crippen molar-refractivity contribution < 1.29 is 53.9 Å². The zero-order valence-corrected chi connectivity index (χ0v) is 33.3. The van der Waals surface area contributed by atoms with Gasteiger partial charge in [-0.25, -0.2) is 14.9 Å². The molecule has 0 saturated carbocycles. The molecule has 0 aliphatic rings. The van der Waals surface area contributed by atoms with Gasteiger partial charge < -0.3 is 53.0 Å². The van der Waals surface area contributed by atoms with Crippen LogP contribution in [0.5, 0.6) is 5.75 Å². The maximum Gasteiger partial charge on any atom is 0.326 e. The van der Waals surface area contributed by atoms with E-state index in [0.29, 0.717) is 30.5 Å². The Balaban J connectivity index is 2.09. The third-order valence-electron chi connectivity index (χ3n) is 8.93. The molecule has 0 aliphatic carbocycles. The molecule has 12 N–H and O–H groups in total. The van der Waals surface area contributed by atoms with Crippen LogP contribution in [0.4, 0.5) is 0 Å². The van der Waals surface area contributed by atoms with Gasteiger partial charge in [0.15, 0.2) is 11.1 Å². The molecule has 2 aromatic carbocycles. The van der Waals surface area contributed by atoms with Crippen LogP contribution in [0.2, 0.25) is 0 Å². The van der Waals surface area contributed by atoms with Gasteiger partial charge in [-0.1, -0.05) is 56.3 Å². The lowest BCUT2D eigenvalue weighted by atomic mass is 10.0. The van der Waals surface area contributed by atoms with Gasteiger partial charge in [0.1, 0.15) is 36.0 Å². The quantitative estimate of drug-likeness (QED) is 0.0297. The zero-order valence-electron chi connectivity index (χ0n) is 33.3. The number of nitro groups is 1. The van der Waals surface area contributed by atoms with E-state index < -0.39 is 101 Å². The van der Waals surface area contributed by atoms with Crippen LogP contribution in [0.1, 0.15) is 58.1 Å². The van der Waals surface area contributed by atoms with Crippen molar-refractivity contribution in [1.29, 1.82) is 0 Å². The summed E-state index contributed by atoms with van der Waals surface area (Å²) in [6.45, 7) is 5.28. The lowest BCUT2D eigenvalue weighted by Crippen LogP contribution is -2.61. The van der Waals surface area contributed by atoms with Crippen LogP contribution < -0.4 is 43.1 Å². The van der Waals surface area contributed by atoms with Gasteiger partial charge in [-0.3, -0.25) is 28.8 Å². The number of nitrogens with two attached hydrogens (primary N) is 1. The fraction of sp³-hybridized carbons (Fsp3) is 0.500. The molecule has 0 saturated heterocycles. The highest BCUT2D eigenvalue weighted by Crippen LogP contribution is 2.12. The first-order valence-electron chi connectivity index (χ1n) is 18.9. The molecule has 0 fully saturated rings. The number of aliphatic hydroxyl groups excluding tert-OH is 1. The lowest BCUT2D eigenvalue weighted by molar-refractivity contribution is -0.548. The molecule has 324 valence electrons. The van der Waals surface area contributed by atoms with E-state index >= 15 is 0 Å². The number of hydrazine groups is 1. The summed E-state index contributed by atoms with van der Waals surface area (Å²) in [7, 11) is 0. The van der Waals surface area contributed by atoms with Crippen LogP contribution in [0.25, 0.3) is 0 Å². The number of phenols is 1. The van der Waals surface area contributed by atoms with Gasteiger partial charge in [-0.2, -0.15) is 0 Å². The molecule has 6 amide bonds. The number of rotatable bonds is 25. The van der Waals surface area contributed by atoms with Gasteiger partial charge in [0.2, 0.25) is 35.4 Å². The Hall–Kier alpha value is -6.35. The summed E-state index contributed by atoms with van der Waals surface area (Å²) in [5, 5.41) is 54.2. The van der Waals surface area contributed by atoms with Crippen molar-refractivity contribution in [3.8, 4) is 5.75 Å². The van der Waals surface area contributed by atoms with Crippen molar-refractivity contribution in [3.63, 3.8) is 0 Å². The second kappa shape index (κ2) is 24.4. The smallest absolute Gasteiger partial charge is 0.326 e. The number of aliphatic carboxylic acids is 1. The van der Waals surface area contributed by atoms with Gasteiger partial charge in [-0.15, -0.1) is 5.43 Å². The average molecular weight is 830 g/mol. The largest absolute Gasteiger partial charge is 0.508 e. The Morgan fingerprint density at radius 3 is 1.83 bits per heavy atom. The number of benzene rings is 2. The number of aliphatic hydroxyl groups is 1. The van der Waals surface area contributed by atoms with Gasteiger partial charge >= 0.3 is 5.97 Å². The molecule has 0 aromatic heterocycles. The van der Waals surface area contributed by atoms with Gasteiger partial charge in [0.25, 0.3) is 0 Å². The van der Waals surface area contributed by atoms with E-state index in [1.807, 2.05) is 5.43 Å². The molecular formula is C38H55N9O12. The van der Waals surface area contributed by atoms with Gasteiger partial charge in [-0.05, 0) is 68.8 Å². The van der Waals surface area contributed by atoms with E-state index in [1.165, 1.54) is 38.1 Å². The standard InChI is InChI=1S/C38H55N9O12/c1-21(2)31(45-37(55)32(23(4)48)44-30(50)20-40-34(52)29(46-47(58)59)19-25-13-15-26(49)16-14-25)36(54)41-22(3)33(51)43-28(18-24-10-6-5-7-11-24)35(53)42-27(38(56)57)12-8-9-17-39/h5-7,10-11,13-16,21-23,27-29,31-32,46,48-49H,8-9,12,17-20,39H2,1-4H3,(H,40,52)(H,41,54)(H,42,53)(H,43,51)(H,44,50)(H,45,55)(H,56,57)/t22-,23+,27-,28-,29-,31-,32-/m0/s1. The van der Waals surface area contributed by atoms with Crippen molar-refractivity contribution in [2.75, 3.05) is 13.1 Å². The predicted octanol–water partition coefficient (Wildman–Crippen LogP) is -1.86. The van der Waals surface area contributed by atoms with Crippen molar-refractivity contribution in [1.82, 2.24) is 37.3 Å². The summed E-state index contributed by atoms with van der Waals surface area (Å²) in [5.41, 5.74) is 8.49. The molecule has 21 nitrogen and oxygen atoms in total. The Bertz CT molecular complexity index is 1740. The average Bonchev–Trinajstić information content (AvgIpc) is 3.17. The Morgan fingerprint density at radius 1 is 0.695 bits per heavy atom. The Morgan fingerprint density at radius 2 is 1.27 bits per heavy atom. The maximum absolute atomic E-state index is 13.4. The van der Waals surface area contributed by atoms with Crippen molar-refractivity contribution in [2.24, 2.45) is 11.7 Å². The molecule has 2 rings (SSSR count). The second-order valence-electron chi connectivity index (χ2n) is 14.2. The molecular weight excluding hydrogens is 774 g/mol. The molecule has 0 spiro atoms. The normalized spacial score (nSPS) is 14.5. The number of carboxylic acid groups (broad SMARTS) is 1. The molecule has 2 aromatic rings. The molecule has 0 radical (unpaired) electrons. The lowest BCUT2D eigenvalue weighted by Gasteiger charge is -2.28. The fourth-order valence-electron chi connectivity index (χ4n) is 5.64. The highest BCUT2D eigenvalue weighted by molar-refractivity contribution is 5.96. The van der Waals surface area contributed by atoms with Crippen molar-refractivity contribution >= 4 is 41.4 Å². The highest BCUT2D eigenvalue weighted by Gasteiger charge is 2.34. The summed E-state index contributed by atoms with van der Waals surface area (Å²) in [6, 6.07) is 6.08. The van der Waals surface area contributed by atoms with Crippen LogP contribution in [0, 0.1) is 16.0 Å². The van der Waals surface area contributed by atoms with Crippen LogP contribution in [-0.2, 0) is 46.4 Å². The zero-order chi connectivity index (χ0) is 44.2. The first-order valence-corrected chi connectivity index (χ1v) is 18.9. The van der Waals surface area contributed by atoms with Crippen LogP contribution >= 0.6 is 0 Å². The number of phenolic OH excluding ortho intramolecular Hbond substituents is 1. The van der Waals surface area contributed by atoms with E-state index in [0.717, 1.165) is 0 Å². The summed E-state index contributed by atoms with van der Waals surface area (Å²) in [5.74, 6) is -7.19. The van der Waals surface area contributed by atoms with Crippen molar-refractivity contribution in [3.05, 3.63) is 75.8 Å². The number of nitrogens with zero attached hydrogens (tertiary/aromatic N) is 1. The summed E-state index contributed by atoms with van der Waals surface area (Å²) < 4.78 is 0. The SMILES string of the molecule is CC(C)[C@H](NC(=O)[C@@H](NC(=O)CNC(=O)[C@H](Cc1ccc(O)cc1)N[N+](=O)[O-])[C@@H](C)O)C(=O)N[C@@H](C)C(=O)N[C@@H](Cc1ccccc1)C(=O)N[C@@H](CCCCN)C(=O)O. The Kier molecular flexibility index (Phi) is 20.2. The number of amides is 6. The van der Waals surface area contributed by atoms with Crippen LogP contribution in [0.15, 0.2) is 54.6 Å². The number of aromatic hydroxyl groups is 1. The van der Waals surface area contributed by atoms with Gasteiger partial charge in [0, 0.05) is 12.8 Å². The van der Waals surface area contributed by atoms with E-state index in [2.05, 4.69) is 31.9 Å². The molecule has 0 unspecified atom stereocenters. The fourth-order valence-corrected chi connectivity index (χ4v) is 5.64. The highest BCUT2D eigenvalue weighted by atomic mass is 16.7. The van der Waals surface area contributed by atoms with Gasteiger partial charge in [0.05, 0.1) is 12.6 Å².